The molecule has 9 heteroatoms. The van der Waals surface area contributed by atoms with Crippen molar-refractivity contribution < 1.29 is 18.1 Å². The number of hydrogen-bond donors (Lipinski definition) is 0. The van der Waals surface area contributed by atoms with Crippen molar-refractivity contribution in [2.45, 2.75) is 36.0 Å². The molecule has 0 spiro atoms. The Hall–Kier alpha value is -3.07. The molecule has 0 bridgehead atoms. The Labute approximate surface area is 161 Å². The van der Waals surface area contributed by atoms with Crippen LogP contribution >= 0.6 is 0 Å². The van der Waals surface area contributed by atoms with Gasteiger partial charge in [-0.2, -0.15) is 0 Å². The van der Waals surface area contributed by atoms with Crippen LogP contribution in [-0.2, 0) is 20.2 Å². The second kappa shape index (κ2) is 6.52. The summed E-state index contributed by atoms with van der Waals surface area (Å²) in [5.74, 6) is 0. The molecular weight excluding hydrogens is 382 g/mol. The van der Waals surface area contributed by atoms with Crippen molar-refractivity contribution in [3.05, 3.63) is 64.5 Å². The zero-order valence-corrected chi connectivity index (χ0v) is 15.6. The summed E-state index contributed by atoms with van der Waals surface area (Å²) in [6.07, 6.45) is 5.70. The zero-order valence-electron chi connectivity index (χ0n) is 14.8. The second-order valence-corrected chi connectivity index (χ2v) is 8.74. The molecular formula is C19H17N3O5S. The summed E-state index contributed by atoms with van der Waals surface area (Å²) in [6.45, 7) is 0. The van der Waals surface area contributed by atoms with E-state index in [1.807, 2.05) is 0 Å². The normalized spacial score (nSPS) is 16.3. The van der Waals surface area contributed by atoms with Crippen molar-refractivity contribution in [3.63, 3.8) is 0 Å². The maximum absolute atomic E-state index is 13.0. The average Bonchev–Trinajstić information content (AvgIpc) is 3.35. The Morgan fingerprint density at radius 2 is 1.82 bits per heavy atom. The monoisotopic (exact) mass is 399 g/mol. The number of carbonyl (C=O) groups excluding carboxylic acids is 1. The summed E-state index contributed by atoms with van der Waals surface area (Å²) in [6, 6.07) is 9.37. The van der Waals surface area contributed by atoms with Gasteiger partial charge in [0.25, 0.3) is 15.7 Å². The Kier molecular flexibility index (Phi) is 4.26. The molecule has 4 rings (SSSR count). The van der Waals surface area contributed by atoms with Crippen LogP contribution in [0, 0.1) is 10.1 Å². The number of nitrogens with zero attached hydrogens (tertiary/aromatic N) is 3. The molecule has 0 amide bonds. The number of carbonyl (C=O) groups is 1. The average molecular weight is 399 g/mol. The Balaban J connectivity index is 2.02. The van der Waals surface area contributed by atoms with E-state index in [-0.39, 0.29) is 21.8 Å². The quantitative estimate of drug-likeness (QED) is 0.370. The molecule has 0 unspecified atom stereocenters. The minimum absolute atomic E-state index is 0.0811. The molecule has 2 aromatic heterocycles. The summed E-state index contributed by atoms with van der Waals surface area (Å²) in [5, 5.41) is 12.0. The molecule has 1 fully saturated rings. The third-order valence-electron chi connectivity index (χ3n) is 5.38. The summed E-state index contributed by atoms with van der Waals surface area (Å²) in [4.78, 5) is 27.2. The lowest BCUT2D eigenvalue weighted by Gasteiger charge is -2.22. The molecule has 0 saturated heterocycles. The first-order chi connectivity index (χ1) is 13.4. The lowest BCUT2D eigenvalue weighted by Crippen LogP contribution is -2.25. The van der Waals surface area contributed by atoms with E-state index >= 15 is 0 Å². The third-order valence-corrected chi connectivity index (χ3v) is 7.06. The van der Waals surface area contributed by atoms with E-state index in [0.717, 1.165) is 29.3 Å². The van der Waals surface area contributed by atoms with Gasteiger partial charge in [0.05, 0.1) is 20.8 Å². The van der Waals surface area contributed by atoms with E-state index in [4.69, 9.17) is 0 Å². The van der Waals surface area contributed by atoms with Crippen LogP contribution < -0.4 is 0 Å². The minimum atomic E-state index is -3.93. The highest BCUT2D eigenvalue weighted by Gasteiger charge is 2.42. The summed E-state index contributed by atoms with van der Waals surface area (Å²) in [5.41, 5.74) is -0.905. The van der Waals surface area contributed by atoms with E-state index in [1.165, 1.54) is 24.4 Å². The fraction of sp³-hybridized carbons (Fsp3) is 0.263. The van der Waals surface area contributed by atoms with Gasteiger partial charge in [0.2, 0.25) is 0 Å². The van der Waals surface area contributed by atoms with Gasteiger partial charge in [-0.25, -0.2) is 17.4 Å². The van der Waals surface area contributed by atoms with E-state index in [9.17, 15) is 23.3 Å². The SMILES string of the molecule is O=CC1(c2c([N+](=O)[O-])cnc3c2ccn3S(=O)(=O)c2ccccc2)CCCC1. The van der Waals surface area contributed by atoms with E-state index < -0.39 is 20.4 Å². The van der Waals surface area contributed by atoms with Gasteiger partial charge in [-0.1, -0.05) is 31.0 Å². The van der Waals surface area contributed by atoms with Gasteiger partial charge in [0.15, 0.2) is 5.65 Å². The highest BCUT2D eigenvalue weighted by Crippen LogP contribution is 2.46. The first kappa shape index (κ1) is 18.3. The Morgan fingerprint density at radius 3 is 2.43 bits per heavy atom. The van der Waals surface area contributed by atoms with E-state index in [2.05, 4.69) is 4.98 Å². The third kappa shape index (κ3) is 2.62. The van der Waals surface area contributed by atoms with Crippen molar-refractivity contribution in [1.29, 1.82) is 0 Å². The van der Waals surface area contributed by atoms with Crippen molar-refractivity contribution in [2.24, 2.45) is 0 Å². The van der Waals surface area contributed by atoms with Crippen LogP contribution in [0.4, 0.5) is 5.69 Å². The lowest BCUT2D eigenvalue weighted by atomic mass is 9.78. The van der Waals surface area contributed by atoms with Crippen molar-refractivity contribution >= 4 is 33.0 Å². The number of nitro groups is 1. The first-order valence-corrected chi connectivity index (χ1v) is 10.3. The number of rotatable bonds is 5. The number of benzene rings is 1. The molecule has 28 heavy (non-hydrogen) atoms. The Bertz CT molecular complexity index is 1180. The van der Waals surface area contributed by atoms with Gasteiger partial charge < -0.3 is 4.79 Å². The topological polar surface area (TPSA) is 112 Å². The van der Waals surface area contributed by atoms with Crippen LogP contribution in [0.2, 0.25) is 0 Å². The standard InChI is InChI=1S/C19H17N3O5S/c23-13-19(9-4-5-10-19)17-15-8-11-21(18(15)20-12-16(17)22(24)25)28(26,27)14-6-2-1-3-7-14/h1-3,6-8,11-13H,4-5,9-10H2. The van der Waals surface area contributed by atoms with Gasteiger partial charge >= 0.3 is 0 Å². The molecule has 1 saturated carbocycles. The maximum Gasteiger partial charge on any atom is 0.292 e. The highest BCUT2D eigenvalue weighted by atomic mass is 32.2. The van der Waals surface area contributed by atoms with Gasteiger partial charge in [0, 0.05) is 11.6 Å². The summed E-state index contributed by atoms with van der Waals surface area (Å²) < 4.78 is 27.1. The van der Waals surface area contributed by atoms with Crippen LogP contribution in [0.15, 0.2) is 53.7 Å². The largest absolute Gasteiger partial charge is 0.302 e. The summed E-state index contributed by atoms with van der Waals surface area (Å²) in [7, 11) is -3.93. The van der Waals surface area contributed by atoms with E-state index in [1.54, 1.807) is 18.2 Å². The molecule has 0 radical (unpaired) electrons. The smallest absolute Gasteiger partial charge is 0.292 e. The zero-order chi connectivity index (χ0) is 19.9. The fourth-order valence-corrected chi connectivity index (χ4v) is 5.37. The molecule has 2 heterocycles. The Morgan fingerprint density at radius 1 is 1.14 bits per heavy atom. The van der Waals surface area contributed by atoms with Crippen molar-refractivity contribution in [3.8, 4) is 0 Å². The molecule has 0 N–H and O–H groups in total. The van der Waals surface area contributed by atoms with Crippen LogP contribution in [0.5, 0.6) is 0 Å². The second-order valence-electron chi connectivity index (χ2n) is 6.92. The molecule has 1 aromatic carbocycles. The molecule has 0 aliphatic heterocycles. The molecule has 8 nitrogen and oxygen atoms in total. The van der Waals surface area contributed by atoms with Crippen LogP contribution in [-0.4, -0.2) is 28.6 Å². The predicted molar refractivity (Wildman–Crippen MR) is 102 cm³/mol. The number of hydrogen-bond acceptors (Lipinski definition) is 6. The van der Waals surface area contributed by atoms with E-state index in [0.29, 0.717) is 18.2 Å². The first-order valence-electron chi connectivity index (χ1n) is 8.83. The fourth-order valence-electron chi connectivity index (χ4n) is 4.05. The summed E-state index contributed by atoms with van der Waals surface area (Å²) >= 11 is 0. The maximum atomic E-state index is 13.0. The van der Waals surface area contributed by atoms with Crippen molar-refractivity contribution in [2.75, 3.05) is 0 Å². The van der Waals surface area contributed by atoms with Gasteiger partial charge in [-0.15, -0.1) is 0 Å². The minimum Gasteiger partial charge on any atom is -0.302 e. The predicted octanol–water partition coefficient (Wildman–Crippen LogP) is 3.19. The molecule has 1 aliphatic carbocycles. The molecule has 1 aliphatic rings. The van der Waals surface area contributed by atoms with Gasteiger partial charge in [-0.05, 0) is 31.0 Å². The highest BCUT2D eigenvalue weighted by molar-refractivity contribution is 7.90. The number of fused-ring (bicyclic) bond motifs is 1. The number of aromatic nitrogens is 2. The lowest BCUT2D eigenvalue weighted by molar-refractivity contribution is -0.386. The van der Waals surface area contributed by atoms with Crippen LogP contribution in [0.3, 0.4) is 0 Å². The van der Waals surface area contributed by atoms with Crippen LogP contribution in [0.25, 0.3) is 11.0 Å². The molecule has 0 atom stereocenters. The van der Waals surface area contributed by atoms with Gasteiger partial charge in [-0.3, -0.25) is 10.1 Å². The van der Waals surface area contributed by atoms with Gasteiger partial charge in [0.1, 0.15) is 12.5 Å². The number of aldehydes is 1. The molecule has 144 valence electrons. The number of pyridine rings is 1. The molecule has 3 aromatic rings. The van der Waals surface area contributed by atoms with Crippen molar-refractivity contribution in [1.82, 2.24) is 8.96 Å². The van der Waals surface area contributed by atoms with Crippen LogP contribution in [0.1, 0.15) is 31.2 Å².